The van der Waals surface area contributed by atoms with E-state index in [9.17, 15) is 4.79 Å². The summed E-state index contributed by atoms with van der Waals surface area (Å²) in [4.78, 5) is 12.1. The highest BCUT2D eigenvalue weighted by molar-refractivity contribution is 5.90. The van der Waals surface area contributed by atoms with Gasteiger partial charge in [-0.2, -0.15) is 0 Å². The van der Waals surface area contributed by atoms with Gasteiger partial charge in [0.25, 0.3) is 0 Å². The van der Waals surface area contributed by atoms with Crippen LogP contribution in [0.1, 0.15) is 52.9 Å². The molecule has 0 amide bonds. The van der Waals surface area contributed by atoms with Crippen LogP contribution in [0.2, 0.25) is 0 Å². The molecular formula is C20H28O3. The van der Waals surface area contributed by atoms with Gasteiger partial charge in [0.15, 0.2) is 0 Å². The van der Waals surface area contributed by atoms with Gasteiger partial charge in [0, 0.05) is 12.3 Å². The maximum absolute atomic E-state index is 12.1. The Morgan fingerprint density at radius 2 is 2.09 bits per heavy atom. The fourth-order valence-electron chi connectivity index (χ4n) is 3.17. The molecular weight excluding hydrogens is 288 g/mol. The van der Waals surface area contributed by atoms with Gasteiger partial charge < -0.3 is 9.47 Å². The Balaban J connectivity index is 1.92. The number of hydrogen-bond acceptors (Lipinski definition) is 3. The number of carbonyl (C=O) groups is 1. The third kappa shape index (κ3) is 4.60. The van der Waals surface area contributed by atoms with Crippen molar-refractivity contribution in [1.82, 2.24) is 0 Å². The second kappa shape index (κ2) is 8.19. The average Bonchev–Trinajstić information content (AvgIpc) is 3.06. The molecule has 1 heterocycles. The lowest BCUT2D eigenvalue weighted by Crippen LogP contribution is -2.16. The van der Waals surface area contributed by atoms with Gasteiger partial charge >= 0.3 is 5.97 Å². The van der Waals surface area contributed by atoms with Crippen LogP contribution in [0.3, 0.4) is 0 Å². The number of esters is 1. The Hall–Kier alpha value is -1.77. The molecule has 3 heteroatoms. The van der Waals surface area contributed by atoms with Crippen molar-refractivity contribution in [2.45, 2.75) is 59.0 Å². The molecule has 23 heavy (non-hydrogen) atoms. The second-order valence-corrected chi connectivity index (χ2v) is 6.59. The number of carbonyl (C=O) groups excluding carboxylic acids is 1. The smallest absolute Gasteiger partial charge is 0.337 e. The molecule has 126 valence electrons. The van der Waals surface area contributed by atoms with Crippen molar-refractivity contribution in [1.29, 1.82) is 0 Å². The molecule has 0 aromatic heterocycles. The summed E-state index contributed by atoms with van der Waals surface area (Å²) in [5, 5.41) is 0. The predicted octanol–water partition coefficient (Wildman–Crippen LogP) is 4.86. The van der Waals surface area contributed by atoms with Crippen molar-refractivity contribution in [2.75, 3.05) is 7.11 Å². The third-order valence-corrected chi connectivity index (χ3v) is 4.42. The summed E-state index contributed by atoms with van der Waals surface area (Å²) >= 11 is 0. The Morgan fingerprint density at radius 1 is 1.30 bits per heavy atom. The van der Waals surface area contributed by atoms with Crippen LogP contribution < -0.4 is 0 Å². The molecule has 0 bridgehead atoms. The van der Waals surface area contributed by atoms with Crippen LogP contribution in [0, 0.1) is 5.92 Å². The van der Waals surface area contributed by atoms with Crippen LogP contribution in [0.5, 0.6) is 0 Å². The summed E-state index contributed by atoms with van der Waals surface area (Å²) in [6.07, 6.45) is 13.4. The number of rotatable bonds is 7. The van der Waals surface area contributed by atoms with Crippen LogP contribution in [0.4, 0.5) is 0 Å². The van der Waals surface area contributed by atoms with E-state index in [-0.39, 0.29) is 18.0 Å². The molecule has 1 aliphatic heterocycles. The molecule has 2 rings (SSSR count). The van der Waals surface area contributed by atoms with Crippen molar-refractivity contribution < 1.29 is 14.3 Å². The molecule has 0 saturated heterocycles. The van der Waals surface area contributed by atoms with E-state index in [1.807, 2.05) is 0 Å². The quantitative estimate of drug-likeness (QED) is 0.497. The number of ether oxygens (including phenoxy) is 2. The Morgan fingerprint density at radius 3 is 2.78 bits per heavy atom. The highest BCUT2D eigenvalue weighted by Crippen LogP contribution is 2.40. The molecule has 2 aliphatic rings. The molecule has 0 unspecified atom stereocenters. The summed E-state index contributed by atoms with van der Waals surface area (Å²) in [6.45, 7) is 6.42. The number of allylic oxidation sites excluding steroid dienone is 6. The largest absolute Gasteiger partial charge is 0.489 e. The fourth-order valence-corrected chi connectivity index (χ4v) is 3.17. The zero-order valence-electron chi connectivity index (χ0n) is 14.7. The van der Waals surface area contributed by atoms with E-state index >= 15 is 0 Å². The van der Waals surface area contributed by atoms with Gasteiger partial charge in [-0.25, -0.2) is 4.79 Å². The number of hydrogen-bond donors (Lipinski definition) is 0. The molecule has 0 radical (unpaired) electrons. The average molecular weight is 316 g/mol. The topological polar surface area (TPSA) is 35.5 Å². The lowest BCUT2D eigenvalue weighted by molar-refractivity contribution is -0.136. The van der Waals surface area contributed by atoms with Crippen LogP contribution in [-0.4, -0.2) is 19.2 Å². The summed E-state index contributed by atoms with van der Waals surface area (Å²) in [5.41, 5.74) is 3.50. The summed E-state index contributed by atoms with van der Waals surface area (Å²) in [5.74, 6) is 0.741. The lowest BCUT2D eigenvalue weighted by Gasteiger charge is -2.09. The number of fused-ring (bicyclic) bond motifs is 1. The summed E-state index contributed by atoms with van der Waals surface area (Å²) in [6, 6.07) is 0. The van der Waals surface area contributed by atoms with E-state index in [1.54, 1.807) is 0 Å². The highest BCUT2D eigenvalue weighted by Gasteiger charge is 2.40. The molecule has 0 aromatic rings. The van der Waals surface area contributed by atoms with Crippen LogP contribution in [0.25, 0.3) is 0 Å². The lowest BCUT2D eigenvalue weighted by atomic mass is 9.95. The molecule has 0 aromatic carbocycles. The van der Waals surface area contributed by atoms with Gasteiger partial charge in [0.05, 0.1) is 12.7 Å². The summed E-state index contributed by atoms with van der Waals surface area (Å²) < 4.78 is 10.9. The van der Waals surface area contributed by atoms with E-state index in [1.165, 1.54) is 18.3 Å². The van der Waals surface area contributed by atoms with Crippen LogP contribution in [-0.2, 0) is 14.3 Å². The Bertz CT molecular complexity index is 559. The minimum absolute atomic E-state index is 0.0295. The van der Waals surface area contributed by atoms with Gasteiger partial charge in [-0.1, -0.05) is 29.4 Å². The predicted molar refractivity (Wildman–Crippen MR) is 92.8 cm³/mol. The standard InChI is InChI=1S/C20H28O3/c1-14(2)8-5-9-15(3)10-6-13-18-19(20(21)22-4)16-11-7-12-17(16)23-18/h7-8,10,12,16-17H,5-6,9,11,13H2,1-4H3/b15-10+/t16-,17+/m0/s1. The fraction of sp³-hybridized carbons (Fsp3) is 0.550. The molecule has 0 N–H and O–H groups in total. The first kappa shape index (κ1) is 17.6. The van der Waals surface area contributed by atoms with Gasteiger partial charge in [-0.15, -0.1) is 0 Å². The molecule has 0 spiro atoms. The maximum atomic E-state index is 12.1. The molecule has 3 nitrogen and oxygen atoms in total. The van der Waals surface area contributed by atoms with Crippen molar-refractivity contribution in [3.8, 4) is 0 Å². The minimum Gasteiger partial charge on any atom is -0.489 e. The Kier molecular flexibility index (Phi) is 6.26. The van der Waals surface area contributed by atoms with Gasteiger partial charge in [-0.3, -0.25) is 0 Å². The molecule has 1 aliphatic carbocycles. The third-order valence-electron chi connectivity index (χ3n) is 4.42. The van der Waals surface area contributed by atoms with Gasteiger partial charge in [0.1, 0.15) is 11.9 Å². The molecule has 2 atom stereocenters. The second-order valence-electron chi connectivity index (χ2n) is 6.59. The first-order chi connectivity index (χ1) is 11.0. The van der Waals surface area contributed by atoms with Gasteiger partial charge in [-0.05, 0) is 52.5 Å². The highest BCUT2D eigenvalue weighted by atomic mass is 16.5. The SMILES string of the molecule is COC(=O)C1=C(CC/C=C(\C)CCC=C(C)C)O[C@@H]2C=CC[C@H]12. The van der Waals surface area contributed by atoms with Gasteiger partial charge in [0.2, 0.25) is 0 Å². The van der Waals surface area contributed by atoms with Crippen molar-refractivity contribution in [2.24, 2.45) is 5.92 Å². The zero-order chi connectivity index (χ0) is 16.8. The van der Waals surface area contributed by atoms with E-state index < -0.39 is 0 Å². The van der Waals surface area contributed by atoms with E-state index in [4.69, 9.17) is 9.47 Å². The van der Waals surface area contributed by atoms with E-state index in [2.05, 4.69) is 45.1 Å². The normalized spacial score (nSPS) is 22.9. The first-order valence-corrected chi connectivity index (χ1v) is 8.46. The monoisotopic (exact) mass is 316 g/mol. The first-order valence-electron chi connectivity index (χ1n) is 8.46. The molecule has 0 fully saturated rings. The maximum Gasteiger partial charge on any atom is 0.337 e. The Labute approximate surface area is 139 Å². The van der Waals surface area contributed by atoms with Crippen molar-refractivity contribution in [3.63, 3.8) is 0 Å². The van der Waals surface area contributed by atoms with E-state index in [0.717, 1.165) is 43.4 Å². The summed E-state index contributed by atoms with van der Waals surface area (Å²) in [7, 11) is 1.44. The zero-order valence-corrected chi connectivity index (χ0v) is 14.7. The number of methoxy groups -OCH3 is 1. The van der Waals surface area contributed by atoms with Crippen molar-refractivity contribution in [3.05, 3.63) is 46.8 Å². The minimum atomic E-state index is -0.236. The molecule has 0 saturated carbocycles. The van der Waals surface area contributed by atoms with E-state index in [0.29, 0.717) is 0 Å². The van der Waals surface area contributed by atoms with Crippen molar-refractivity contribution >= 4 is 5.97 Å². The van der Waals surface area contributed by atoms with Crippen LogP contribution >= 0.6 is 0 Å². The van der Waals surface area contributed by atoms with Crippen LogP contribution in [0.15, 0.2) is 46.8 Å².